The highest BCUT2D eigenvalue weighted by atomic mass is 16.1. The zero-order chi connectivity index (χ0) is 13.1. The van der Waals surface area contributed by atoms with Crippen LogP contribution in [0.15, 0.2) is 24.3 Å². The number of nitrogens with two attached hydrogens (primary N) is 2. The minimum absolute atomic E-state index is 0.419. The van der Waals surface area contributed by atoms with E-state index in [-0.39, 0.29) is 0 Å². The normalized spacial score (nSPS) is 14.1. The predicted molar refractivity (Wildman–Crippen MR) is 70.9 cm³/mol. The van der Waals surface area contributed by atoms with Crippen LogP contribution in [-0.2, 0) is 4.79 Å². The van der Waals surface area contributed by atoms with Crippen LogP contribution >= 0.6 is 0 Å². The Morgan fingerprint density at radius 3 is 2.29 bits per heavy atom. The number of carbonyl (C=O) groups excluding carboxylic acids is 1. The third-order valence-electron chi connectivity index (χ3n) is 2.86. The molecule has 1 rings (SSSR count). The predicted octanol–water partition coefficient (Wildman–Crippen LogP) is 1.02. The number of hydrogen-bond acceptors (Lipinski definition) is 3. The van der Waals surface area contributed by atoms with Crippen molar-refractivity contribution in [2.75, 3.05) is 18.0 Å². The molecule has 0 radical (unpaired) electrons. The molecule has 4 heteroatoms. The van der Waals surface area contributed by atoms with Gasteiger partial charge in [0.05, 0.1) is 0 Å². The van der Waals surface area contributed by atoms with Crippen molar-refractivity contribution in [2.24, 2.45) is 11.5 Å². The number of amides is 1. The summed E-state index contributed by atoms with van der Waals surface area (Å²) in [6, 6.07) is 8.12. The van der Waals surface area contributed by atoms with Gasteiger partial charge >= 0.3 is 0 Å². The van der Waals surface area contributed by atoms with Crippen LogP contribution in [0, 0.1) is 6.92 Å². The second-order valence-electron chi connectivity index (χ2n) is 4.63. The summed E-state index contributed by atoms with van der Waals surface area (Å²) in [6.45, 7) is 6.92. The molecule has 0 aromatic heterocycles. The fourth-order valence-electron chi connectivity index (χ4n) is 1.62. The van der Waals surface area contributed by atoms with Gasteiger partial charge in [-0.1, -0.05) is 17.7 Å². The molecule has 0 bridgehead atoms. The molecule has 1 aromatic carbocycles. The van der Waals surface area contributed by atoms with Crippen molar-refractivity contribution in [3.8, 4) is 0 Å². The number of hydrogen-bond donors (Lipinski definition) is 2. The first-order valence-electron chi connectivity index (χ1n) is 5.77. The molecule has 1 aromatic rings. The van der Waals surface area contributed by atoms with Gasteiger partial charge in [0.2, 0.25) is 5.91 Å². The van der Waals surface area contributed by atoms with Crippen molar-refractivity contribution in [2.45, 2.75) is 26.3 Å². The largest absolute Gasteiger partial charge is 0.369 e. The van der Waals surface area contributed by atoms with Crippen LogP contribution in [0.4, 0.5) is 5.69 Å². The molecule has 0 aliphatic rings. The summed E-state index contributed by atoms with van der Waals surface area (Å²) >= 11 is 0. The van der Waals surface area contributed by atoms with Crippen LogP contribution in [0.25, 0.3) is 0 Å². The maximum Gasteiger partial charge on any atom is 0.239 e. The molecule has 0 fully saturated rings. The minimum atomic E-state index is -1.01. The lowest BCUT2D eigenvalue weighted by Crippen LogP contribution is -2.57. The highest BCUT2D eigenvalue weighted by Crippen LogP contribution is 2.17. The van der Waals surface area contributed by atoms with Gasteiger partial charge in [-0.3, -0.25) is 4.79 Å². The van der Waals surface area contributed by atoms with Crippen molar-refractivity contribution in [3.05, 3.63) is 29.8 Å². The van der Waals surface area contributed by atoms with Crippen LogP contribution in [0.2, 0.25) is 0 Å². The van der Waals surface area contributed by atoms with E-state index in [0.29, 0.717) is 6.54 Å². The smallest absolute Gasteiger partial charge is 0.239 e. The van der Waals surface area contributed by atoms with Crippen LogP contribution in [0.3, 0.4) is 0 Å². The van der Waals surface area contributed by atoms with Crippen molar-refractivity contribution in [1.82, 2.24) is 0 Å². The van der Waals surface area contributed by atoms with E-state index in [2.05, 4.69) is 0 Å². The quantitative estimate of drug-likeness (QED) is 0.800. The zero-order valence-corrected chi connectivity index (χ0v) is 10.7. The van der Waals surface area contributed by atoms with E-state index in [4.69, 9.17) is 11.5 Å². The molecular formula is C13H21N3O. The molecular weight excluding hydrogens is 214 g/mol. The number of benzene rings is 1. The fraction of sp³-hybridized carbons (Fsp3) is 0.462. The first-order valence-corrected chi connectivity index (χ1v) is 5.77. The summed E-state index contributed by atoms with van der Waals surface area (Å²) < 4.78 is 0. The number of nitrogens with zero attached hydrogens (tertiary/aromatic N) is 1. The summed E-state index contributed by atoms with van der Waals surface area (Å²) in [4.78, 5) is 13.3. The summed E-state index contributed by atoms with van der Waals surface area (Å²) in [5.74, 6) is -0.483. The van der Waals surface area contributed by atoms with E-state index in [1.807, 2.05) is 43.0 Å². The summed E-state index contributed by atoms with van der Waals surface area (Å²) in [7, 11) is 0. The average molecular weight is 235 g/mol. The number of likely N-dealkylation sites (N-methyl/N-ethyl adjacent to an activating group) is 1. The molecule has 4 N–H and O–H groups in total. The number of anilines is 1. The van der Waals surface area contributed by atoms with Crippen molar-refractivity contribution >= 4 is 11.6 Å². The Morgan fingerprint density at radius 1 is 1.35 bits per heavy atom. The van der Waals surface area contributed by atoms with Gasteiger partial charge in [0.15, 0.2) is 0 Å². The molecule has 0 saturated carbocycles. The number of rotatable bonds is 5. The van der Waals surface area contributed by atoms with Crippen LogP contribution < -0.4 is 16.4 Å². The first-order chi connectivity index (χ1) is 7.86. The molecule has 0 aliphatic heterocycles. The third-order valence-corrected chi connectivity index (χ3v) is 2.86. The van der Waals surface area contributed by atoms with Gasteiger partial charge in [-0.2, -0.15) is 0 Å². The second-order valence-corrected chi connectivity index (χ2v) is 4.63. The van der Waals surface area contributed by atoms with Gasteiger partial charge in [0.25, 0.3) is 0 Å². The lowest BCUT2D eigenvalue weighted by atomic mass is 10.0. The zero-order valence-electron chi connectivity index (χ0n) is 10.7. The maximum absolute atomic E-state index is 11.2. The molecule has 17 heavy (non-hydrogen) atoms. The van der Waals surface area contributed by atoms with E-state index in [1.54, 1.807) is 6.92 Å². The Morgan fingerprint density at radius 2 is 1.88 bits per heavy atom. The Balaban J connectivity index is 2.86. The fourth-order valence-corrected chi connectivity index (χ4v) is 1.62. The summed E-state index contributed by atoms with van der Waals surface area (Å²) in [5.41, 5.74) is 12.4. The molecule has 1 unspecified atom stereocenters. The van der Waals surface area contributed by atoms with E-state index in [0.717, 1.165) is 12.2 Å². The topological polar surface area (TPSA) is 72.3 Å². The monoisotopic (exact) mass is 235 g/mol. The van der Waals surface area contributed by atoms with Gasteiger partial charge in [-0.25, -0.2) is 0 Å². The Hall–Kier alpha value is -1.55. The first kappa shape index (κ1) is 13.5. The standard InChI is InChI=1S/C13H21N3O/c1-4-16(9-13(3,15)12(14)17)11-7-5-10(2)6-8-11/h5-8H,4,9,15H2,1-3H3,(H2,14,17). The summed E-state index contributed by atoms with van der Waals surface area (Å²) in [5, 5.41) is 0. The van der Waals surface area contributed by atoms with Crippen LogP contribution in [-0.4, -0.2) is 24.5 Å². The van der Waals surface area contributed by atoms with Gasteiger partial charge in [-0.15, -0.1) is 0 Å². The van der Waals surface area contributed by atoms with Gasteiger partial charge in [0.1, 0.15) is 5.54 Å². The Kier molecular flexibility index (Phi) is 4.12. The number of primary amides is 1. The maximum atomic E-state index is 11.2. The molecule has 94 valence electrons. The van der Waals surface area contributed by atoms with E-state index in [1.165, 1.54) is 5.56 Å². The van der Waals surface area contributed by atoms with Gasteiger partial charge < -0.3 is 16.4 Å². The molecule has 0 saturated heterocycles. The van der Waals surface area contributed by atoms with E-state index in [9.17, 15) is 4.79 Å². The Bertz CT molecular complexity index is 384. The third kappa shape index (κ3) is 3.46. The number of aryl methyl sites for hydroxylation is 1. The van der Waals surface area contributed by atoms with Crippen LogP contribution in [0.1, 0.15) is 19.4 Å². The minimum Gasteiger partial charge on any atom is -0.369 e. The highest BCUT2D eigenvalue weighted by molar-refractivity contribution is 5.84. The molecule has 1 atom stereocenters. The lowest BCUT2D eigenvalue weighted by molar-refractivity contribution is -0.122. The van der Waals surface area contributed by atoms with Crippen molar-refractivity contribution in [1.29, 1.82) is 0 Å². The van der Waals surface area contributed by atoms with Crippen molar-refractivity contribution in [3.63, 3.8) is 0 Å². The SMILES string of the molecule is CCN(CC(C)(N)C(N)=O)c1ccc(C)cc1. The molecule has 4 nitrogen and oxygen atoms in total. The highest BCUT2D eigenvalue weighted by Gasteiger charge is 2.28. The van der Waals surface area contributed by atoms with Gasteiger partial charge in [-0.05, 0) is 32.9 Å². The van der Waals surface area contributed by atoms with Crippen molar-refractivity contribution < 1.29 is 4.79 Å². The molecule has 0 aliphatic carbocycles. The second kappa shape index (κ2) is 5.19. The van der Waals surface area contributed by atoms with Gasteiger partial charge in [0, 0.05) is 18.8 Å². The Labute approximate surface area is 103 Å². The number of carbonyl (C=O) groups is 1. The summed E-state index contributed by atoms with van der Waals surface area (Å²) in [6.07, 6.45) is 0. The van der Waals surface area contributed by atoms with E-state index < -0.39 is 11.4 Å². The molecule has 0 heterocycles. The molecule has 1 amide bonds. The van der Waals surface area contributed by atoms with E-state index >= 15 is 0 Å². The lowest BCUT2D eigenvalue weighted by Gasteiger charge is -2.31. The molecule has 0 spiro atoms. The van der Waals surface area contributed by atoms with Crippen LogP contribution in [0.5, 0.6) is 0 Å². The average Bonchev–Trinajstić information content (AvgIpc) is 2.27.